The molecule has 53 heavy (non-hydrogen) atoms. The van der Waals surface area contributed by atoms with Gasteiger partial charge in [-0.1, -0.05) is 121 Å². The van der Waals surface area contributed by atoms with E-state index in [0.717, 1.165) is 67.2 Å². The van der Waals surface area contributed by atoms with Gasteiger partial charge in [-0.05, 0) is 71.3 Å². The summed E-state index contributed by atoms with van der Waals surface area (Å²) in [6.07, 6.45) is 0. The van der Waals surface area contributed by atoms with Crippen molar-refractivity contribution in [3.8, 4) is 22.6 Å². The lowest BCUT2D eigenvalue weighted by Gasteiger charge is -2.39. The Balaban J connectivity index is 1.15. The normalized spacial score (nSPS) is 13.6. The molecule has 4 heteroatoms. The van der Waals surface area contributed by atoms with Crippen molar-refractivity contribution in [3.05, 3.63) is 198 Å². The first-order valence-corrected chi connectivity index (χ1v) is 18.8. The van der Waals surface area contributed by atoms with Crippen molar-refractivity contribution in [1.82, 2.24) is 0 Å². The predicted octanol–water partition coefficient (Wildman–Crippen LogP) is 13.9. The summed E-state index contributed by atoms with van der Waals surface area (Å²) in [6, 6.07) is 63.2. The molecular weight excluding hydrogens is 667 g/mol. The molecule has 0 bridgehead atoms. The maximum absolute atomic E-state index is 7.08. The van der Waals surface area contributed by atoms with Gasteiger partial charge in [0.05, 0.1) is 16.5 Å². The number of rotatable bonds is 3. The van der Waals surface area contributed by atoms with Crippen molar-refractivity contribution in [1.29, 1.82) is 0 Å². The third-order valence-electron chi connectivity index (χ3n) is 11.3. The van der Waals surface area contributed by atoms with Gasteiger partial charge in [-0.2, -0.15) is 0 Å². The highest BCUT2D eigenvalue weighted by Gasteiger charge is 2.51. The van der Waals surface area contributed by atoms with Crippen molar-refractivity contribution in [2.24, 2.45) is 0 Å². The van der Waals surface area contributed by atoms with Crippen LogP contribution in [0.1, 0.15) is 22.3 Å². The molecule has 3 nitrogen and oxygen atoms in total. The van der Waals surface area contributed by atoms with Crippen LogP contribution in [-0.4, -0.2) is 0 Å². The number of nitrogens with zero attached hydrogens (tertiary/aromatic N) is 1. The molecule has 0 atom stereocenters. The molecule has 1 aliphatic heterocycles. The molecule has 0 saturated heterocycles. The van der Waals surface area contributed by atoms with Gasteiger partial charge in [-0.25, -0.2) is 0 Å². The first kappa shape index (κ1) is 29.0. The second-order valence-corrected chi connectivity index (χ2v) is 15.0. The number of thiophene rings is 1. The summed E-state index contributed by atoms with van der Waals surface area (Å²) in [7, 11) is 0. The van der Waals surface area contributed by atoms with Crippen molar-refractivity contribution >= 4 is 70.5 Å². The first-order chi connectivity index (χ1) is 26.3. The zero-order valence-corrected chi connectivity index (χ0v) is 29.2. The maximum atomic E-state index is 7.08. The minimum absolute atomic E-state index is 0.552. The van der Waals surface area contributed by atoms with Crippen LogP contribution in [0.5, 0.6) is 11.5 Å². The van der Waals surface area contributed by atoms with E-state index in [1.54, 1.807) is 0 Å². The lowest BCUT2D eigenvalue weighted by atomic mass is 9.66. The summed E-state index contributed by atoms with van der Waals surface area (Å²) < 4.78 is 16.2. The SMILES string of the molecule is c1ccc(N(c2ccc3c(c2)sc2ccccc23)c2cccc3oc4c5c(ccc4c23)C2(c3ccccc3Oc3ccccc32)c2ccccc2-5)cc1. The van der Waals surface area contributed by atoms with E-state index in [9.17, 15) is 0 Å². The molecular formula is C49H29NO2S. The molecule has 0 amide bonds. The molecule has 0 radical (unpaired) electrons. The van der Waals surface area contributed by atoms with Gasteiger partial charge in [0.1, 0.15) is 22.7 Å². The van der Waals surface area contributed by atoms with Gasteiger partial charge in [0, 0.05) is 53.6 Å². The third kappa shape index (κ3) is 3.83. The largest absolute Gasteiger partial charge is 0.457 e. The van der Waals surface area contributed by atoms with Crippen LogP contribution in [-0.2, 0) is 5.41 Å². The van der Waals surface area contributed by atoms with Gasteiger partial charge < -0.3 is 14.1 Å². The minimum Gasteiger partial charge on any atom is -0.457 e. The Bertz CT molecular complexity index is 3070. The van der Waals surface area contributed by atoms with Gasteiger partial charge in [-0.3, -0.25) is 0 Å². The van der Waals surface area contributed by atoms with Crippen LogP contribution >= 0.6 is 11.3 Å². The monoisotopic (exact) mass is 695 g/mol. The standard InChI is InChI=1S/C49H29NO2S/c1-2-13-30(14-3-1)50(31-25-26-33-32-15-5-11-24-44(32)53-45(33)29-31)40-20-12-23-43-47(40)35-27-28-39-46(48(35)52-43)34-16-4-6-17-36(34)49(39)37-18-7-9-21-41(37)51-42-22-10-8-19-38(42)49/h1-29H. The van der Waals surface area contributed by atoms with E-state index in [0.29, 0.717) is 0 Å². The minimum atomic E-state index is -0.552. The van der Waals surface area contributed by atoms with Crippen molar-refractivity contribution in [2.45, 2.75) is 5.41 Å². The zero-order valence-electron chi connectivity index (χ0n) is 28.4. The van der Waals surface area contributed by atoms with E-state index >= 15 is 0 Å². The van der Waals surface area contributed by atoms with Crippen molar-refractivity contribution < 1.29 is 9.15 Å². The van der Waals surface area contributed by atoms with E-state index in [-0.39, 0.29) is 0 Å². The number of fused-ring (bicyclic) bond motifs is 16. The fraction of sp³-hybridized carbons (Fsp3) is 0.0204. The predicted molar refractivity (Wildman–Crippen MR) is 219 cm³/mol. The summed E-state index contributed by atoms with van der Waals surface area (Å²) in [4.78, 5) is 2.38. The molecule has 0 saturated carbocycles. The van der Waals surface area contributed by atoms with Crippen LogP contribution in [0.3, 0.4) is 0 Å². The van der Waals surface area contributed by atoms with Crippen LogP contribution < -0.4 is 9.64 Å². The topological polar surface area (TPSA) is 25.6 Å². The van der Waals surface area contributed by atoms with E-state index in [1.165, 1.54) is 36.9 Å². The molecule has 1 aliphatic carbocycles. The fourth-order valence-corrected chi connectivity index (χ4v) is 10.4. The molecule has 1 spiro atoms. The Labute approximate surface area is 309 Å². The number of anilines is 3. The lowest BCUT2D eigenvalue weighted by molar-refractivity contribution is 0.436. The zero-order chi connectivity index (χ0) is 34.7. The summed E-state index contributed by atoms with van der Waals surface area (Å²) in [6.45, 7) is 0. The van der Waals surface area contributed by atoms with E-state index in [4.69, 9.17) is 9.15 Å². The number of furan rings is 1. The molecule has 2 aliphatic rings. The third-order valence-corrected chi connectivity index (χ3v) is 12.5. The van der Waals surface area contributed by atoms with Crippen LogP contribution in [0.25, 0.3) is 53.2 Å². The maximum Gasteiger partial charge on any atom is 0.143 e. The molecule has 0 fully saturated rings. The number of para-hydroxylation sites is 3. The fourth-order valence-electron chi connectivity index (χ4n) is 9.24. The number of hydrogen-bond acceptors (Lipinski definition) is 4. The van der Waals surface area contributed by atoms with Crippen LogP contribution in [0.4, 0.5) is 17.1 Å². The average Bonchev–Trinajstić information content (AvgIpc) is 3.87. The molecule has 10 aromatic rings. The lowest BCUT2D eigenvalue weighted by Crippen LogP contribution is -2.32. The van der Waals surface area contributed by atoms with Gasteiger partial charge in [0.25, 0.3) is 0 Å². The smallest absolute Gasteiger partial charge is 0.143 e. The number of ether oxygens (including phenoxy) is 1. The second kappa shape index (κ2) is 10.7. The van der Waals surface area contributed by atoms with E-state index in [2.05, 4.69) is 181 Å². The Morgan fingerprint density at radius 2 is 1.15 bits per heavy atom. The first-order valence-electron chi connectivity index (χ1n) is 18.0. The Morgan fingerprint density at radius 1 is 0.472 bits per heavy atom. The summed E-state index contributed by atoms with van der Waals surface area (Å²) >= 11 is 1.85. The van der Waals surface area contributed by atoms with Crippen molar-refractivity contribution in [2.75, 3.05) is 4.90 Å². The Morgan fingerprint density at radius 3 is 1.98 bits per heavy atom. The second-order valence-electron chi connectivity index (χ2n) is 14.0. The summed E-state index contributed by atoms with van der Waals surface area (Å²) in [5.74, 6) is 1.77. The summed E-state index contributed by atoms with van der Waals surface area (Å²) in [5.41, 5.74) is 11.6. The van der Waals surface area contributed by atoms with Crippen LogP contribution in [0.15, 0.2) is 180 Å². The molecule has 0 N–H and O–H groups in total. The highest BCUT2D eigenvalue weighted by Crippen LogP contribution is 2.63. The van der Waals surface area contributed by atoms with Gasteiger partial charge >= 0.3 is 0 Å². The molecule has 248 valence electrons. The van der Waals surface area contributed by atoms with Crippen LogP contribution in [0.2, 0.25) is 0 Å². The Kier molecular flexibility index (Phi) is 5.86. The highest BCUT2D eigenvalue weighted by molar-refractivity contribution is 7.25. The molecule has 3 heterocycles. The molecule has 2 aromatic heterocycles. The molecule has 0 unspecified atom stereocenters. The summed E-state index contributed by atoms with van der Waals surface area (Å²) in [5, 5.41) is 4.78. The quantitative estimate of drug-likeness (QED) is 0.184. The average molecular weight is 696 g/mol. The van der Waals surface area contributed by atoms with Crippen molar-refractivity contribution in [3.63, 3.8) is 0 Å². The molecule has 12 rings (SSSR count). The van der Waals surface area contributed by atoms with E-state index < -0.39 is 5.41 Å². The van der Waals surface area contributed by atoms with Gasteiger partial charge in [0.2, 0.25) is 0 Å². The molecule has 8 aromatic carbocycles. The highest BCUT2D eigenvalue weighted by atomic mass is 32.1. The number of benzene rings is 8. The van der Waals surface area contributed by atoms with Crippen LogP contribution in [0, 0.1) is 0 Å². The Hall–Kier alpha value is -6.62. The van der Waals surface area contributed by atoms with Gasteiger partial charge in [0.15, 0.2) is 0 Å². The van der Waals surface area contributed by atoms with E-state index in [1.807, 2.05) is 11.3 Å². The number of hydrogen-bond donors (Lipinski definition) is 0. The van der Waals surface area contributed by atoms with Gasteiger partial charge in [-0.15, -0.1) is 11.3 Å².